The first-order chi connectivity index (χ1) is 9.72. The molecular formula is C15H15N3O2. The topological polar surface area (TPSA) is 67.0 Å². The molecule has 0 radical (unpaired) electrons. The van der Waals surface area contributed by atoms with Crippen molar-refractivity contribution in [2.24, 2.45) is 0 Å². The van der Waals surface area contributed by atoms with Gasteiger partial charge in [-0.15, -0.1) is 0 Å². The van der Waals surface area contributed by atoms with Gasteiger partial charge in [0, 0.05) is 17.2 Å². The highest BCUT2D eigenvalue weighted by molar-refractivity contribution is 5.94. The van der Waals surface area contributed by atoms with E-state index in [-0.39, 0.29) is 11.9 Å². The SMILES string of the molecule is COC(=O)C1=C(C)Nc2[nH]ncc2C1c1ccccc1. The van der Waals surface area contributed by atoms with Gasteiger partial charge in [-0.2, -0.15) is 5.10 Å². The standard InChI is InChI=1S/C15H15N3O2/c1-9-12(15(19)20-2)13(10-6-4-3-5-7-10)11-8-16-18-14(11)17-9/h3-8,13H,1-2H3,(H2,16,17,18). The Labute approximate surface area is 116 Å². The van der Waals surface area contributed by atoms with Crippen LogP contribution in [0.1, 0.15) is 24.0 Å². The molecule has 0 saturated carbocycles. The van der Waals surface area contributed by atoms with E-state index < -0.39 is 0 Å². The molecule has 1 aromatic carbocycles. The number of nitrogens with zero attached hydrogens (tertiary/aromatic N) is 1. The van der Waals surface area contributed by atoms with Gasteiger partial charge in [0.2, 0.25) is 0 Å². The van der Waals surface area contributed by atoms with Gasteiger partial charge in [-0.25, -0.2) is 4.79 Å². The molecule has 2 aromatic rings. The monoisotopic (exact) mass is 269 g/mol. The molecule has 1 atom stereocenters. The number of rotatable bonds is 2. The van der Waals surface area contributed by atoms with Crippen molar-refractivity contribution in [3.8, 4) is 0 Å². The summed E-state index contributed by atoms with van der Waals surface area (Å²) in [5.74, 6) is 0.332. The fourth-order valence-corrected chi connectivity index (χ4v) is 2.61. The van der Waals surface area contributed by atoms with Gasteiger partial charge in [0.1, 0.15) is 5.82 Å². The zero-order chi connectivity index (χ0) is 14.1. The maximum Gasteiger partial charge on any atom is 0.336 e. The lowest BCUT2D eigenvalue weighted by Crippen LogP contribution is -2.23. The molecule has 0 bridgehead atoms. The second-order valence-corrected chi connectivity index (χ2v) is 4.70. The summed E-state index contributed by atoms with van der Waals surface area (Å²) in [4.78, 5) is 12.1. The van der Waals surface area contributed by atoms with Crippen molar-refractivity contribution in [2.75, 3.05) is 12.4 Å². The summed E-state index contributed by atoms with van der Waals surface area (Å²) < 4.78 is 4.94. The zero-order valence-electron chi connectivity index (χ0n) is 11.3. The van der Waals surface area contributed by atoms with Gasteiger partial charge in [0.05, 0.1) is 18.9 Å². The number of nitrogens with one attached hydrogen (secondary N) is 2. The Hall–Kier alpha value is -2.56. The fourth-order valence-electron chi connectivity index (χ4n) is 2.61. The number of hydrogen-bond donors (Lipinski definition) is 2. The number of methoxy groups -OCH3 is 1. The number of aromatic nitrogens is 2. The first kappa shape index (κ1) is 12.5. The predicted molar refractivity (Wildman–Crippen MR) is 75.2 cm³/mol. The number of ether oxygens (including phenoxy) is 1. The van der Waals surface area contributed by atoms with Crippen molar-refractivity contribution in [2.45, 2.75) is 12.8 Å². The van der Waals surface area contributed by atoms with Gasteiger partial charge in [-0.05, 0) is 12.5 Å². The van der Waals surface area contributed by atoms with Gasteiger partial charge in [-0.1, -0.05) is 30.3 Å². The third-order valence-electron chi connectivity index (χ3n) is 3.52. The number of anilines is 1. The van der Waals surface area contributed by atoms with E-state index in [9.17, 15) is 4.79 Å². The Morgan fingerprint density at radius 3 is 2.75 bits per heavy atom. The first-order valence-electron chi connectivity index (χ1n) is 6.36. The smallest absolute Gasteiger partial charge is 0.336 e. The van der Waals surface area contributed by atoms with Gasteiger partial charge in [-0.3, -0.25) is 5.10 Å². The molecule has 0 aliphatic carbocycles. The van der Waals surface area contributed by atoms with E-state index in [0.29, 0.717) is 5.57 Å². The lowest BCUT2D eigenvalue weighted by molar-refractivity contribution is -0.136. The lowest BCUT2D eigenvalue weighted by Gasteiger charge is -2.26. The van der Waals surface area contributed by atoms with Crippen LogP contribution in [0.15, 0.2) is 47.8 Å². The first-order valence-corrected chi connectivity index (χ1v) is 6.36. The van der Waals surface area contributed by atoms with Crippen LogP contribution in [0.2, 0.25) is 0 Å². The van der Waals surface area contributed by atoms with Gasteiger partial charge >= 0.3 is 5.97 Å². The minimum atomic E-state index is -0.323. The minimum absolute atomic E-state index is 0.168. The van der Waals surface area contributed by atoms with Crippen LogP contribution in [0.5, 0.6) is 0 Å². The number of allylic oxidation sites excluding steroid dienone is 1. The van der Waals surface area contributed by atoms with Crippen molar-refractivity contribution >= 4 is 11.8 Å². The molecule has 1 unspecified atom stereocenters. The van der Waals surface area contributed by atoms with Gasteiger partial charge in [0.25, 0.3) is 0 Å². The molecule has 1 aromatic heterocycles. The number of carbonyl (C=O) groups excluding carboxylic acids is 1. The van der Waals surface area contributed by atoms with Gasteiger partial charge < -0.3 is 10.1 Å². The Balaban J connectivity index is 2.19. The second kappa shape index (κ2) is 4.85. The molecule has 1 aliphatic heterocycles. The Morgan fingerprint density at radius 1 is 1.30 bits per heavy atom. The fraction of sp³-hybridized carbons (Fsp3) is 0.200. The molecule has 3 rings (SSSR count). The van der Waals surface area contributed by atoms with Crippen LogP contribution in [-0.4, -0.2) is 23.3 Å². The van der Waals surface area contributed by atoms with Crippen LogP contribution in [-0.2, 0) is 9.53 Å². The van der Waals surface area contributed by atoms with E-state index in [4.69, 9.17) is 4.74 Å². The number of hydrogen-bond acceptors (Lipinski definition) is 4. The Kier molecular flexibility index (Phi) is 3.02. The van der Waals surface area contributed by atoms with E-state index >= 15 is 0 Å². The third kappa shape index (κ3) is 1.87. The number of carbonyl (C=O) groups is 1. The largest absolute Gasteiger partial charge is 0.466 e. The highest BCUT2D eigenvalue weighted by Crippen LogP contribution is 2.40. The molecule has 20 heavy (non-hydrogen) atoms. The van der Waals surface area contributed by atoms with Crippen molar-refractivity contribution in [1.82, 2.24) is 10.2 Å². The van der Waals surface area contributed by atoms with Crippen LogP contribution in [0.4, 0.5) is 5.82 Å². The van der Waals surface area contributed by atoms with Crippen LogP contribution in [0.3, 0.4) is 0 Å². The zero-order valence-corrected chi connectivity index (χ0v) is 11.3. The van der Waals surface area contributed by atoms with E-state index in [1.807, 2.05) is 37.3 Å². The molecule has 0 spiro atoms. The van der Waals surface area contributed by atoms with E-state index in [0.717, 1.165) is 22.6 Å². The summed E-state index contributed by atoms with van der Waals surface area (Å²) in [5, 5.41) is 10.2. The maximum absolute atomic E-state index is 12.1. The Morgan fingerprint density at radius 2 is 2.05 bits per heavy atom. The molecule has 0 amide bonds. The molecule has 2 N–H and O–H groups in total. The molecular weight excluding hydrogens is 254 g/mol. The van der Waals surface area contributed by atoms with Crippen LogP contribution in [0, 0.1) is 0 Å². The number of esters is 1. The third-order valence-corrected chi connectivity index (χ3v) is 3.52. The molecule has 102 valence electrons. The summed E-state index contributed by atoms with van der Waals surface area (Å²) in [6.45, 7) is 1.87. The summed E-state index contributed by atoms with van der Waals surface area (Å²) in [6, 6.07) is 9.88. The normalized spacial score (nSPS) is 17.4. The molecule has 2 heterocycles. The average molecular weight is 269 g/mol. The quantitative estimate of drug-likeness (QED) is 0.822. The molecule has 0 saturated heterocycles. The summed E-state index contributed by atoms with van der Waals surface area (Å²) in [6.07, 6.45) is 1.75. The number of aromatic amines is 1. The van der Waals surface area contributed by atoms with Crippen molar-refractivity contribution in [3.05, 3.63) is 58.9 Å². The van der Waals surface area contributed by atoms with E-state index in [1.165, 1.54) is 7.11 Å². The predicted octanol–water partition coefficient (Wildman–Crippen LogP) is 2.41. The highest BCUT2D eigenvalue weighted by atomic mass is 16.5. The van der Waals surface area contributed by atoms with E-state index in [2.05, 4.69) is 15.5 Å². The second-order valence-electron chi connectivity index (χ2n) is 4.70. The number of H-pyrrole nitrogens is 1. The highest BCUT2D eigenvalue weighted by Gasteiger charge is 2.33. The van der Waals surface area contributed by atoms with E-state index in [1.54, 1.807) is 6.20 Å². The van der Waals surface area contributed by atoms with Crippen LogP contribution >= 0.6 is 0 Å². The molecule has 0 fully saturated rings. The number of fused-ring (bicyclic) bond motifs is 1. The average Bonchev–Trinajstić information content (AvgIpc) is 2.93. The van der Waals surface area contributed by atoms with Crippen molar-refractivity contribution < 1.29 is 9.53 Å². The maximum atomic E-state index is 12.1. The van der Waals surface area contributed by atoms with Crippen molar-refractivity contribution in [3.63, 3.8) is 0 Å². The Bertz CT molecular complexity index is 673. The minimum Gasteiger partial charge on any atom is -0.466 e. The molecule has 5 nitrogen and oxygen atoms in total. The lowest BCUT2D eigenvalue weighted by atomic mass is 9.83. The number of benzene rings is 1. The summed E-state index contributed by atoms with van der Waals surface area (Å²) in [7, 11) is 1.40. The molecule has 1 aliphatic rings. The van der Waals surface area contributed by atoms with Crippen molar-refractivity contribution in [1.29, 1.82) is 0 Å². The van der Waals surface area contributed by atoms with Crippen LogP contribution in [0.25, 0.3) is 0 Å². The van der Waals surface area contributed by atoms with Gasteiger partial charge in [0.15, 0.2) is 0 Å². The summed E-state index contributed by atoms with van der Waals surface area (Å²) >= 11 is 0. The molecule has 5 heteroatoms. The summed E-state index contributed by atoms with van der Waals surface area (Å²) in [5.41, 5.74) is 3.38. The van der Waals surface area contributed by atoms with Crippen LogP contribution < -0.4 is 5.32 Å².